The first kappa shape index (κ1) is 26.1. The number of aromatic nitrogens is 3. The van der Waals surface area contributed by atoms with Gasteiger partial charge in [0.2, 0.25) is 5.95 Å². The molecule has 0 bridgehead atoms. The van der Waals surface area contributed by atoms with Gasteiger partial charge in [-0.3, -0.25) is 4.57 Å². The van der Waals surface area contributed by atoms with Crippen LogP contribution in [0.1, 0.15) is 0 Å². The maximum absolute atomic E-state index is 10.1. The van der Waals surface area contributed by atoms with Gasteiger partial charge in [-0.2, -0.15) is 0 Å². The van der Waals surface area contributed by atoms with Crippen molar-refractivity contribution in [1.29, 1.82) is 0 Å². The van der Waals surface area contributed by atoms with E-state index in [2.05, 4.69) is 83.4 Å². The lowest BCUT2D eigenvalue weighted by molar-refractivity contribution is 0.426. The van der Waals surface area contributed by atoms with E-state index in [-0.39, 0.29) is 0 Å². The highest BCUT2D eigenvalue weighted by atomic mass is 32.1. The number of benzene rings is 6. The summed E-state index contributed by atoms with van der Waals surface area (Å²) in [4.78, 5) is 11.8. The molecule has 0 amide bonds. The Labute approximate surface area is 262 Å². The second-order valence-corrected chi connectivity index (χ2v) is 12.3. The quantitative estimate of drug-likeness (QED) is 0.201. The first-order valence-electron chi connectivity index (χ1n) is 14.8. The maximum atomic E-state index is 10.1. The van der Waals surface area contributed by atoms with E-state index in [0.29, 0.717) is 11.4 Å². The van der Waals surface area contributed by atoms with Gasteiger partial charge in [0, 0.05) is 31.3 Å². The Balaban J connectivity index is 1.39. The molecule has 0 saturated heterocycles. The van der Waals surface area contributed by atoms with Crippen LogP contribution in [0.15, 0.2) is 133 Å². The molecule has 3 heterocycles. The van der Waals surface area contributed by atoms with Gasteiger partial charge in [-0.25, -0.2) is 9.97 Å². The molecule has 3 aromatic heterocycles. The normalized spacial score (nSPS) is 11.8. The SMILES string of the molecule is OB(O)c1ccc2c(c1)c1c3ccccc3ccc1n2-c1nc(-c2ccccc2)c2c(ccc3cc(-c4ccccc4)sc32)n1. The summed E-state index contributed by atoms with van der Waals surface area (Å²) in [6.07, 6.45) is 0. The van der Waals surface area contributed by atoms with Crippen molar-refractivity contribution < 1.29 is 10.0 Å². The van der Waals surface area contributed by atoms with Crippen LogP contribution in [0.2, 0.25) is 0 Å². The second-order valence-electron chi connectivity index (χ2n) is 11.3. The summed E-state index contributed by atoms with van der Waals surface area (Å²) in [6.45, 7) is 0. The van der Waals surface area contributed by atoms with Crippen LogP contribution in [0, 0.1) is 0 Å². The fraction of sp³-hybridized carbons (Fsp3) is 0. The lowest BCUT2D eigenvalue weighted by atomic mass is 9.79. The third-order valence-electron chi connectivity index (χ3n) is 8.62. The highest BCUT2D eigenvalue weighted by molar-refractivity contribution is 7.23. The van der Waals surface area contributed by atoms with Crippen LogP contribution in [-0.4, -0.2) is 31.7 Å². The highest BCUT2D eigenvalue weighted by Gasteiger charge is 2.22. The number of rotatable bonds is 4. The molecule has 9 aromatic rings. The Bertz CT molecular complexity index is 2580. The maximum Gasteiger partial charge on any atom is 0.488 e. The molecule has 212 valence electrons. The first-order chi connectivity index (χ1) is 22.1. The van der Waals surface area contributed by atoms with E-state index in [1.807, 2.05) is 48.5 Å². The van der Waals surface area contributed by atoms with E-state index in [1.165, 1.54) is 15.8 Å². The standard InChI is InChI=1S/C38H24BN3O2S/c43-39(44)27-17-20-31-29(22-27)34-28-14-8-7-9-23(28)16-19-32(34)42(31)38-40-30-18-15-26-21-33(24-10-3-1-4-11-24)45-37(26)35(30)36(41-38)25-12-5-2-6-13-25/h1-22,43-44H. The van der Waals surface area contributed by atoms with E-state index in [1.54, 1.807) is 17.4 Å². The van der Waals surface area contributed by atoms with E-state index < -0.39 is 7.12 Å². The zero-order chi connectivity index (χ0) is 30.1. The average molecular weight is 598 g/mol. The molecular formula is C38H24BN3O2S. The monoisotopic (exact) mass is 597 g/mol. The van der Waals surface area contributed by atoms with Crippen LogP contribution in [0.5, 0.6) is 0 Å². The van der Waals surface area contributed by atoms with Crippen molar-refractivity contribution in [3.63, 3.8) is 0 Å². The van der Waals surface area contributed by atoms with Gasteiger partial charge < -0.3 is 10.0 Å². The Kier molecular flexibility index (Phi) is 5.86. The largest absolute Gasteiger partial charge is 0.488 e. The molecule has 2 N–H and O–H groups in total. The smallest absolute Gasteiger partial charge is 0.423 e. The minimum absolute atomic E-state index is 0.438. The number of thiophene rings is 1. The molecule has 0 aliphatic rings. The number of fused-ring (bicyclic) bond motifs is 8. The molecule has 6 aromatic carbocycles. The van der Waals surface area contributed by atoms with Gasteiger partial charge in [0.25, 0.3) is 0 Å². The number of hydrogen-bond donors (Lipinski definition) is 2. The molecule has 5 nitrogen and oxygen atoms in total. The Morgan fingerprint density at radius 3 is 2.09 bits per heavy atom. The van der Waals surface area contributed by atoms with Gasteiger partial charge in [-0.05, 0) is 51.5 Å². The van der Waals surface area contributed by atoms with E-state index in [9.17, 15) is 10.0 Å². The summed E-state index contributed by atoms with van der Waals surface area (Å²) in [7, 11) is -1.57. The predicted molar refractivity (Wildman–Crippen MR) is 187 cm³/mol. The fourth-order valence-corrected chi connectivity index (χ4v) is 7.74. The minimum atomic E-state index is -1.57. The summed E-state index contributed by atoms with van der Waals surface area (Å²) in [5.74, 6) is 0.563. The number of hydrogen-bond acceptors (Lipinski definition) is 5. The molecule has 0 unspecified atom stereocenters. The van der Waals surface area contributed by atoms with Crippen LogP contribution in [0.4, 0.5) is 0 Å². The topological polar surface area (TPSA) is 71.2 Å². The lowest BCUT2D eigenvalue weighted by Crippen LogP contribution is -2.29. The van der Waals surface area contributed by atoms with Gasteiger partial charge in [-0.15, -0.1) is 11.3 Å². The Morgan fingerprint density at radius 1 is 0.578 bits per heavy atom. The van der Waals surface area contributed by atoms with Gasteiger partial charge in [0.15, 0.2) is 0 Å². The van der Waals surface area contributed by atoms with Crippen molar-refractivity contribution in [2.45, 2.75) is 0 Å². The average Bonchev–Trinajstić information content (AvgIpc) is 3.68. The van der Waals surface area contributed by atoms with Crippen molar-refractivity contribution in [3.8, 4) is 27.6 Å². The van der Waals surface area contributed by atoms with Gasteiger partial charge in [-0.1, -0.05) is 109 Å². The second kappa shape index (κ2) is 10.1. The molecule has 7 heteroatoms. The van der Waals surface area contributed by atoms with Crippen molar-refractivity contribution >= 4 is 77.5 Å². The fourth-order valence-electron chi connectivity index (χ4n) is 6.54. The predicted octanol–water partition coefficient (Wildman–Crippen LogP) is 8.11. The van der Waals surface area contributed by atoms with Crippen LogP contribution in [0.25, 0.3) is 81.2 Å². The van der Waals surface area contributed by atoms with E-state index in [0.717, 1.165) is 59.4 Å². The molecular weight excluding hydrogens is 573 g/mol. The van der Waals surface area contributed by atoms with Crippen LogP contribution in [-0.2, 0) is 0 Å². The molecule has 0 aliphatic carbocycles. The van der Waals surface area contributed by atoms with E-state index in [4.69, 9.17) is 9.97 Å². The number of nitrogens with zero attached hydrogens (tertiary/aromatic N) is 3. The summed E-state index contributed by atoms with van der Waals surface area (Å²) in [5, 5.41) is 26.5. The molecule has 0 aliphatic heterocycles. The summed E-state index contributed by atoms with van der Waals surface area (Å²) < 4.78 is 3.26. The van der Waals surface area contributed by atoms with Crippen LogP contribution < -0.4 is 5.46 Å². The van der Waals surface area contributed by atoms with Crippen molar-refractivity contribution in [3.05, 3.63) is 133 Å². The van der Waals surface area contributed by atoms with Crippen LogP contribution >= 0.6 is 11.3 Å². The zero-order valence-electron chi connectivity index (χ0n) is 23.9. The van der Waals surface area contributed by atoms with Gasteiger partial charge in [0.05, 0.1) is 22.2 Å². The van der Waals surface area contributed by atoms with E-state index >= 15 is 0 Å². The first-order valence-corrected chi connectivity index (χ1v) is 15.6. The lowest BCUT2D eigenvalue weighted by Gasteiger charge is -2.12. The molecule has 9 rings (SSSR count). The third kappa shape index (κ3) is 4.09. The molecule has 0 fully saturated rings. The summed E-state index contributed by atoms with van der Waals surface area (Å²) >= 11 is 1.77. The molecule has 0 radical (unpaired) electrons. The molecule has 0 spiro atoms. The molecule has 0 saturated carbocycles. The van der Waals surface area contributed by atoms with Crippen LogP contribution in [0.3, 0.4) is 0 Å². The Morgan fingerprint density at radius 2 is 1.29 bits per heavy atom. The van der Waals surface area contributed by atoms with Crippen molar-refractivity contribution in [2.75, 3.05) is 0 Å². The van der Waals surface area contributed by atoms with Crippen molar-refractivity contribution in [1.82, 2.24) is 14.5 Å². The zero-order valence-corrected chi connectivity index (χ0v) is 24.7. The summed E-state index contributed by atoms with van der Waals surface area (Å²) in [5.41, 5.74) is 6.24. The summed E-state index contributed by atoms with van der Waals surface area (Å²) in [6, 6.07) is 45.3. The van der Waals surface area contributed by atoms with Gasteiger partial charge >= 0.3 is 7.12 Å². The van der Waals surface area contributed by atoms with Crippen molar-refractivity contribution in [2.24, 2.45) is 0 Å². The molecule has 45 heavy (non-hydrogen) atoms. The highest BCUT2D eigenvalue weighted by Crippen LogP contribution is 2.42. The minimum Gasteiger partial charge on any atom is -0.423 e. The molecule has 0 atom stereocenters. The Hall–Kier alpha value is -5.34. The third-order valence-corrected chi connectivity index (χ3v) is 9.83. The van der Waals surface area contributed by atoms with Gasteiger partial charge in [0.1, 0.15) is 0 Å².